The molecule has 2 aromatic rings. The second-order valence-corrected chi connectivity index (χ2v) is 13.6. The normalized spacial score (nSPS) is 25.6. The third-order valence-corrected chi connectivity index (χ3v) is 10.2. The highest BCUT2D eigenvalue weighted by Crippen LogP contribution is 2.47. The van der Waals surface area contributed by atoms with E-state index in [9.17, 15) is 18.0 Å². The van der Waals surface area contributed by atoms with E-state index >= 15 is 0 Å². The Kier molecular flexibility index (Phi) is 7.21. The maximum absolute atomic E-state index is 13.5. The van der Waals surface area contributed by atoms with Gasteiger partial charge in [-0.3, -0.25) is 14.5 Å². The maximum Gasteiger partial charge on any atom is 0.266 e. The van der Waals surface area contributed by atoms with Crippen LogP contribution in [0.2, 0.25) is 0 Å². The Morgan fingerprint density at radius 1 is 1.27 bits per heavy atom. The fourth-order valence-corrected chi connectivity index (χ4v) is 7.71. The van der Waals surface area contributed by atoms with Gasteiger partial charge >= 0.3 is 0 Å². The van der Waals surface area contributed by atoms with Gasteiger partial charge in [0.1, 0.15) is 28.1 Å². The fourth-order valence-electron chi connectivity index (χ4n) is 4.72. The molecule has 3 unspecified atom stereocenters. The summed E-state index contributed by atoms with van der Waals surface area (Å²) < 4.78 is 35.9. The van der Waals surface area contributed by atoms with Crippen molar-refractivity contribution in [3.05, 3.63) is 58.4 Å². The number of carbonyl (C=O) groups is 2. The van der Waals surface area contributed by atoms with Crippen LogP contribution in [0.1, 0.15) is 42.8 Å². The summed E-state index contributed by atoms with van der Waals surface area (Å²) in [6.07, 6.45) is 3.17. The molecule has 0 bridgehead atoms. The van der Waals surface area contributed by atoms with Crippen LogP contribution < -0.4 is 4.74 Å². The van der Waals surface area contributed by atoms with Gasteiger partial charge in [-0.1, -0.05) is 43.0 Å². The average Bonchev–Trinajstić information content (AvgIpc) is 3.15. The number of thioether (sulfide) groups is 1. The first kappa shape index (κ1) is 26.0. The molecule has 0 N–H and O–H groups in total. The van der Waals surface area contributed by atoms with Gasteiger partial charge in [-0.15, -0.1) is 0 Å². The molecule has 3 heterocycles. The molecular formula is C26H28N2O6S3. The Balaban J connectivity index is 1.32. The smallest absolute Gasteiger partial charge is 0.266 e. The van der Waals surface area contributed by atoms with Crippen LogP contribution in [0, 0.1) is 5.92 Å². The van der Waals surface area contributed by atoms with Gasteiger partial charge in [0.05, 0.1) is 30.1 Å². The SMILES string of the molecule is COc1ccc(/C=C2\SC(=S)N(CC(=O)N(Cc3ccc(C4CC4C)o3)C3CCS(=O)(=O)C3)C2=O)cc1. The summed E-state index contributed by atoms with van der Waals surface area (Å²) in [5.74, 6) is 2.43. The number of rotatable bonds is 8. The predicted octanol–water partition coefficient (Wildman–Crippen LogP) is 3.83. The number of amides is 2. The lowest BCUT2D eigenvalue weighted by Crippen LogP contribution is -2.46. The number of ether oxygens (including phenoxy) is 1. The Bertz CT molecular complexity index is 1360. The number of nitrogens with zero attached hydrogens (tertiary/aromatic N) is 2. The number of benzene rings is 1. The van der Waals surface area contributed by atoms with Gasteiger partial charge in [-0.05, 0) is 54.7 Å². The summed E-state index contributed by atoms with van der Waals surface area (Å²) in [5, 5.41) is 0. The van der Waals surface area contributed by atoms with Crippen LogP contribution in [0.5, 0.6) is 5.75 Å². The minimum Gasteiger partial charge on any atom is -0.497 e. The fraction of sp³-hybridized carbons (Fsp3) is 0.423. The zero-order chi connectivity index (χ0) is 26.3. The Labute approximate surface area is 225 Å². The van der Waals surface area contributed by atoms with Gasteiger partial charge < -0.3 is 14.1 Å². The number of thiocarbonyl (C=S) groups is 1. The molecule has 3 aliphatic rings. The first-order valence-electron chi connectivity index (χ1n) is 12.1. The molecule has 1 aromatic carbocycles. The summed E-state index contributed by atoms with van der Waals surface area (Å²) in [4.78, 5) is 29.9. The highest BCUT2D eigenvalue weighted by atomic mass is 32.2. The minimum atomic E-state index is -3.22. The highest BCUT2D eigenvalue weighted by Gasteiger charge is 2.40. The van der Waals surface area contributed by atoms with Crippen LogP contribution in [-0.4, -0.2) is 65.6 Å². The summed E-state index contributed by atoms with van der Waals surface area (Å²) >= 11 is 6.57. The van der Waals surface area contributed by atoms with E-state index in [0.717, 1.165) is 29.5 Å². The van der Waals surface area contributed by atoms with Crippen LogP contribution in [-0.2, 0) is 26.0 Å². The molecule has 2 amide bonds. The molecule has 8 nitrogen and oxygen atoms in total. The molecule has 196 valence electrons. The molecule has 3 fully saturated rings. The van der Waals surface area contributed by atoms with Crippen LogP contribution in [0.4, 0.5) is 0 Å². The third kappa shape index (κ3) is 5.78. The number of furan rings is 1. The lowest BCUT2D eigenvalue weighted by molar-refractivity contribution is -0.137. The Morgan fingerprint density at radius 2 is 2.00 bits per heavy atom. The van der Waals surface area contributed by atoms with Crippen LogP contribution in [0.15, 0.2) is 45.7 Å². The Morgan fingerprint density at radius 3 is 2.62 bits per heavy atom. The van der Waals surface area contributed by atoms with Crippen molar-refractivity contribution in [1.29, 1.82) is 0 Å². The molecule has 1 aromatic heterocycles. The number of sulfone groups is 1. The average molecular weight is 561 g/mol. The first-order valence-corrected chi connectivity index (χ1v) is 15.2. The molecule has 0 radical (unpaired) electrons. The molecular weight excluding hydrogens is 532 g/mol. The van der Waals surface area contributed by atoms with E-state index in [1.807, 2.05) is 24.3 Å². The van der Waals surface area contributed by atoms with Crippen molar-refractivity contribution in [3.63, 3.8) is 0 Å². The van der Waals surface area contributed by atoms with Gasteiger partial charge in [0.2, 0.25) is 5.91 Å². The number of hydrogen-bond donors (Lipinski definition) is 0. The molecule has 2 aliphatic heterocycles. The van der Waals surface area contributed by atoms with Crippen LogP contribution in [0.25, 0.3) is 6.08 Å². The van der Waals surface area contributed by atoms with Gasteiger partial charge in [-0.2, -0.15) is 0 Å². The molecule has 5 rings (SSSR count). The van der Waals surface area contributed by atoms with Gasteiger partial charge in [0.25, 0.3) is 5.91 Å². The predicted molar refractivity (Wildman–Crippen MR) is 146 cm³/mol. The van der Waals surface area contributed by atoms with Crippen molar-refractivity contribution in [2.75, 3.05) is 25.2 Å². The summed E-state index contributed by atoms with van der Waals surface area (Å²) in [6, 6.07) is 10.6. The summed E-state index contributed by atoms with van der Waals surface area (Å²) in [5.41, 5.74) is 0.809. The van der Waals surface area contributed by atoms with Crippen molar-refractivity contribution < 1.29 is 27.2 Å². The zero-order valence-electron chi connectivity index (χ0n) is 20.6. The van der Waals surface area contributed by atoms with Crippen LogP contribution >= 0.6 is 24.0 Å². The first-order chi connectivity index (χ1) is 17.6. The van der Waals surface area contributed by atoms with E-state index in [-0.39, 0.29) is 36.4 Å². The van der Waals surface area contributed by atoms with Crippen molar-refractivity contribution >= 4 is 56.0 Å². The summed E-state index contributed by atoms with van der Waals surface area (Å²) in [6.45, 7) is 2.06. The van der Waals surface area contributed by atoms with Crippen molar-refractivity contribution in [1.82, 2.24) is 9.80 Å². The third-order valence-electron chi connectivity index (χ3n) is 7.03. The van der Waals surface area contributed by atoms with Gasteiger partial charge in [0.15, 0.2) is 9.84 Å². The molecule has 11 heteroatoms. The van der Waals surface area contributed by atoms with Gasteiger partial charge in [-0.25, -0.2) is 8.42 Å². The minimum absolute atomic E-state index is 0.0378. The number of methoxy groups -OCH3 is 1. The van der Waals surface area contributed by atoms with E-state index < -0.39 is 15.9 Å². The highest BCUT2D eigenvalue weighted by molar-refractivity contribution is 8.26. The van der Waals surface area contributed by atoms with E-state index in [1.165, 1.54) is 9.80 Å². The molecule has 1 saturated carbocycles. The van der Waals surface area contributed by atoms with Crippen LogP contribution in [0.3, 0.4) is 0 Å². The lowest BCUT2D eigenvalue weighted by atomic mass is 10.2. The van der Waals surface area contributed by atoms with Crippen molar-refractivity contribution in [2.24, 2.45) is 5.92 Å². The number of carbonyl (C=O) groups excluding carboxylic acids is 2. The second-order valence-electron chi connectivity index (χ2n) is 9.74. The quantitative estimate of drug-likeness (QED) is 0.355. The zero-order valence-corrected chi connectivity index (χ0v) is 23.0. The summed E-state index contributed by atoms with van der Waals surface area (Å²) in [7, 11) is -1.64. The molecule has 0 spiro atoms. The standard InChI is InChI=1S/C26H28N2O6S3/c1-16-11-21(16)22-8-7-20(34-22)13-27(18-9-10-37(31,32)15-18)24(29)14-28-25(30)23(36-26(28)35)12-17-3-5-19(33-2)6-4-17/h3-8,12,16,18,21H,9-11,13-15H2,1-2H3/b23-12-. The van der Waals surface area contributed by atoms with Crippen molar-refractivity contribution in [3.8, 4) is 5.75 Å². The number of hydrogen-bond acceptors (Lipinski definition) is 8. The van der Waals surface area contributed by atoms with Gasteiger partial charge in [0, 0.05) is 12.0 Å². The van der Waals surface area contributed by atoms with E-state index in [0.29, 0.717) is 39.0 Å². The second kappa shape index (κ2) is 10.3. The maximum atomic E-state index is 13.5. The van der Waals surface area contributed by atoms with E-state index in [1.54, 1.807) is 25.3 Å². The Hall–Kier alpha value is -2.63. The van der Waals surface area contributed by atoms with E-state index in [2.05, 4.69) is 6.92 Å². The largest absolute Gasteiger partial charge is 0.497 e. The molecule has 3 atom stereocenters. The molecule has 2 saturated heterocycles. The molecule has 1 aliphatic carbocycles. The molecule has 37 heavy (non-hydrogen) atoms. The van der Waals surface area contributed by atoms with E-state index in [4.69, 9.17) is 21.4 Å². The topological polar surface area (TPSA) is 97.1 Å². The van der Waals surface area contributed by atoms with Crippen molar-refractivity contribution in [2.45, 2.75) is 38.3 Å². The lowest BCUT2D eigenvalue weighted by Gasteiger charge is -2.29. The monoisotopic (exact) mass is 560 g/mol.